The summed E-state index contributed by atoms with van der Waals surface area (Å²) in [7, 11) is 3.41. The van der Waals surface area contributed by atoms with Crippen LogP contribution in [0.4, 0.5) is 0 Å². The molecule has 0 radical (unpaired) electrons. The van der Waals surface area contributed by atoms with Gasteiger partial charge in [0.05, 0.1) is 0 Å². The number of allylic oxidation sites excluding steroid dienone is 1. The smallest absolute Gasteiger partial charge is 0.288 e. The minimum Gasteiger partial charge on any atom is -0.459 e. The molecule has 0 bridgehead atoms. The monoisotopic (exact) mass is 333 g/mol. The van der Waals surface area contributed by atoms with Crippen molar-refractivity contribution in [2.45, 2.75) is 32.0 Å². The maximum Gasteiger partial charge on any atom is 0.288 e. The number of aliphatic hydroxyl groups is 1. The van der Waals surface area contributed by atoms with Crippen LogP contribution in [0.5, 0.6) is 0 Å². The van der Waals surface area contributed by atoms with E-state index in [1.807, 2.05) is 31.2 Å². The third-order valence-corrected chi connectivity index (χ3v) is 4.21. The van der Waals surface area contributed by atoms with Crippen LogP contribution in [-0.4, -0.2) is 49.5 Å². The van der Waals surface area contributed by atoms with Crippen molar-refractivity contribution in [1.82, 2.24) is 4.90 Å². The molecule has 1 amide bonds. The SMILES string of the molecule is CCO[C@@H]1OC(C(=O)N(C)C)=C[C@H](c2ccccc2)[C@H]1CCCO. The van der Waals surface area contributed by atoms with E-state index in [0.717, 1.165) is 12.0 Å². The number of likely N-dealkylation sites (N-methyl/N-ethyl adjacent to an activating group) is 1. The van der Waals surface area contributed by atoms with Gasteiger partial charge in [0.2, 0.25) is 6.29 Å². The second-order valence-electron chi connectivity index (χ2n) is 6.14. The molecule has 1 aromatic rings. The van der Waals surface area contributed by atoms with E-state index in [-0.39, 0.29) is 24.3 Å². The van der Waals surface area contributed by atoms with E-state index in [9.17, 15) is 9.90 Å². The van der Waals surface area contributed by atoms with E-state index >= 15 is 0 Å². The number of amides is 1. The number of rotatable bonds is 7. The Morgan fingerprint density at radius 1 is 1.29 bits per heavy atom. The van der Waals surface area contributed by atoms with Gasteiger partial charge in [-0.15, -0.1) is 0 Å². The van der Waals surface area contributed by atoms with Crippen molar-refractivity contribution >= 4 is 5.91 Å². The summed E-state index contributed by atoms with van der Waals surface area (Å²) in [5, 5.41) is 9.23. The highest BCUT2D eigenvalue weighted by molar-refractivity contribution is 5.91. The molecule has 0 aromatic heterocycles. The molecule has 0 saturated heterocycles. The molecule has 2 rings (SSSR count). The highest BCUT2D eigenvalue weighted by Gasteiger charge is 2.37. The van der Waals surface area contributed by atoms with Gasteiger partial charge >= 0.3 is 0 Å². The lowest BCUT2D eigenvalue weighted by Crippen LogP contribution is -2.38. The summed E-state index contributed by atoms with van der Waals surface area (Å²) in [5.41, 5.74) is 1.12. The molecule has 3 atom stereocenters. The number of nitrogens with zero attached hydrogens (tertiary/aromatic N) is 1. The summed E-state index contributed by atoms with van der Waals surface area (Å²) in [4.78, 5) is 13.9. The summed E-state index contributed by atoms with van der Waals surface area (Å²) in [5.74, 6) is 0.231. The zero-order chi connectivity index (χ0) is 17.5. The van der Waals surface area contributed by atoms with Crippen LogP contribution in [0.15, 0.2) is 42.2 Å². The first-order chi connectivity index (χ1) is 11.6. The molecule has 1 aromatic carbocycles. The summed E-state index contributed by atoms with van der Waals surface area (Å²) in [6.45, 7) is 2.55. The van der Waals surface area contributed by atoms with E-state index in [2.05, 4.69) is 12.1 Å². The average Bonchev–Trinajstić information content (AvgIpc) is 2.60. The van der Waals surface area contributed by atoms with Gasteiger partial charge in [-0.05, 0) is 31.4 Å². The number of carbonyl (C=O) groups excluding carboxylic acids is 1. The lowest BCUT2D eigenvalue weighted by Gasteiger charge is -2.37. The molecule has 1 aliphatic heterocycles. The molecule has 1 aliphatic rings. The Hall–Kier alpha value is -1.85. The Bertz CT molecular complexity index is 556. The van der Waals surface area contributed by atoms with Crippen molar-refractivity contribution in [2.75, 3.05) is 27.3 Å². The number of hydrogen-bond acceptors (Lipinski definition) is 4. The molecule has 0 spiro atoms. The summed E-state index contributed by atoms with van der Waals surface area (Å²) >= 11 is 0. The predicted octanol–water partition coefficient (Wildman–Crippen LogP) is 2.52. The fourth-order valence-electron chi connectivity index (χ4n) is 3.03. The first kappa shape index (κ1) is 18.5. The van der Waals surface area contributed by atoms with Gasteiger partial charge in [-0.2, -0.15) is 0 Å². The Kier molecular flexibility index (Phi) is 6.82. The zero-order valence-electron chi connectivity index (χ0n) is 14.6. The van der Waals surface area contributed by atoms with Crippen molar-refractivity contribution in [2.24, 2.45) is 5.92 Å². The lowest BCUT2D eigenvalue weighted by atomic mass is 9.80. The van der Waals surface area contributed by atoms with Crippen molar-refractivity contribution in [3.63, 3.8) is 0 Å². The topological polar surface area (TPSA) is 59.0 Å². The third-order valence-electron chi connectivity index (χ3n) is 4.21. The van der Waals surface area contributed by atoms with Crippen LogP contribution in [-0.2, 0) is 14.3 Å². The molecule has 0 unspecified atom stereocenters. The fraction of sp³-hybridized carbons (Fsp3) is 0.526. The molecule has 132 valence electrons. The predicted molar refractivity (Wildman–Crippen MR) is 92.3 cm³/mol. The van der Waals surface area contributed by atoms with Gasteiger partial charge in [-0.3, -0.25) is 4.79 Å². The number of hydrogen-bond donors (Lipinski definition) is 1. The van der Waals surface area contributed by atoms with Crippen LogP contribution in [0.2, 0.25) is 0 Å². The lowest BCUT2D eigenvalue weighted by molar-refractivity contribution is -0.169. The van der Waals surface area contributed by atoms with E-state index in [4.69, 9.17) is 9.47 Å². The van der Waals surface area contributed by atoms with Gasteiger partial charge < -0.3 is 19.5 Å². The summed E-state index contributed by atoms with van der Waals surface area (Å²) in [6.07, 6.45) is 2.84. The zero-order valence-corrected chi connectivity index (χ0v) is 14.6. The first-order valence-corrected chi connectivity index (χ1v) is 8.46. The summed E-state index contributed by atoms with van der Waals surface area (Å²) in [6, 6.07) is 10.1. The van der Waals surface area contributed by atoms with Gasteiger partial charge in [0.25, 0.3) is 5.91 Å². The molecule has 1 N–H and O–H groups in total. The van der Waals surface area contributed by atoms with Crippen LogP contribution in [0.25, 0.3) is 0 Å². The minimum absolute atomic E-state index is 0.0157. The van der Waals surface area contributed by atoms with Gasteiger partial charge in [-0.1, -0.05) is 30.3 Å². The molecule has 0 aliphatic carbocycles. The molecule has 1 heterocycles. The fourth-order valence-corrected chi connectivity index (χ4v) is 3.03. The number of aliphatic hydroxyl groups excluding tert-OH is 1. The van der Waals surface area contributed by atoms with E-state index in [1.165, 1.54) is 4.90 Å². The van der Waals surface area contributed by atoms with E-state index in [1.54, 1.807) is 14.1 Å². The minimum atomic E-state index is -0.490. The van der Waals surface area contributed by atoms with Gasteiger partial charge in [0, 0.05) is 39.1 Å². The van der Waals surface area contributed by atoms with Gasteiger partial charge in [0.15, 0.2) is 5.76 Å². The van der Waals surface area contributed by atoms with Crippen molar-refractivity contribution in [1.29, 1.82) is 0 Å². The molecule has 0 saturated carbocycles. The molecular formula is C19H27NO4. The second kappa shape index (κ2) is 8.85. The Morgan fingerprint density at radius 3 is 2.58 bits per heavy atom. The van der Waals surface area contributed by atoms with Crippen LogP contribution in [0, 0.1) is 5.92 Å². The Labute approximate surface area is 143 Å². The maximum atomic E-state index is 12.4. The quantitative estimate of drug-likeness (QED) is 0.833. The maximum absolute atomic E-state index is 12.4. The molecule has 24 heavy (non-hydrogen) atoms. The highest BCUT2D eigenvalue weighted by atomic mass is 16.7. The van der Waals surface area contributed by atoms with E-state index in [0.29, 0.717) is 18.8 Å². The van der Waals surface area contributed by atoms with Crippen molar-refractivity contribution < 1.29 is 19.4 Å². The summed E-state index contributed by atoms with van der Waals surface area (Å²) < 4.78 is 11.7. The van der Waals surface area contributed by atoms with E-state index < -0.39 is 6.29 Å². The number of ether oxygens (including phenoxy) is 2. The second-order valence-corrected chi connectivity index (χ2v) is 6.14. The third kappa shape index (κ3) is 4.36. The molecular weight excluding hydrogens is 306 g/mol. The molecule has 0 fully saturated rings. The highest BCUT2D eigenvalue weighted by Crippen LogP contribution is 2.39. The first-order valence-electron chi connectivity index (χ1n) is 8.46. The average molecular weight is 333 g/mol. The number of benzene rings is 1. The molecule has 5 nitrogen and oxygen atoms in total. The standard InChI is InChI=1S/C19H27NO4/c1-4-23-19-15(11-8-12-21)16(14-9-6-5-7-10-14)13-17(24-19)18(22)20(2)3/h5-7,9-10,13,15-16,19,21H,4,8,11-12H2,1-3H3/t15-,16-,19-/m1/s1. The van der Waals surface area contributed by atoms with Crippen LogP contribution >= 0.6 is 0 Å². The number of carbonyl (C=O) groups is 1. The van der Waals surface area contributed by atoms with Crippen molar-refractivity contribution in [3.8, 4) is 0 Å². The Balaban J connectivity index is 2.39. The van der Waals surface area contributed by atoms with Gasteiger partial charge in [-0.25, -0.2) is 0 Å². The van der Waals surface area contributed by atoms with Gasteiger partial charge in [0.1, 0.15) is 0 Å². The van der Waals surface area contributed by atoms with Crippen LogP contribution in [0.1, 0.15) is 31.2 Å². The normalized spacial score (nSPS) is 23.3. The Morgan fingerprint density at radius 2 is 2.00 bits per heavy atom. The molecule has 5 heteroatoms. The van der Waals surface area contributed by atoms with Crippen LogP contribution < -0.4 is 0 Å². The van der Waals surface area contributed by atoms with Crippen molar-refractivity contribution in [3.05, 3.63) is 47.7 Å². The largest absolute Gasteiger partial charge is 0.459 e. The van der Waals surface area contributed by atoms with Crippen LogP contribution in [0.3, 0.4) is 0 Å².